The maximum absolute atomic E-state index is 4.70. The van der Waals surface area contributed by atoms with E-state index in [-0.39, 0.29) is 0 Å². The quantitative estimate of drug-likeness (QED) is 0.428. The molecule has 108 valence electrons. The lowest BCUT2D eigenvalue weighted by atomic mass is 10.1. The smallest absolute Gasteiger partial charge is 0.212 e. The fourth-order valence-corrected chi connectivity index (χ4v) is 2.47. The molecule has 0 amide bonds. The summed E-state index contributed by atoms with van der Waals surface area (Å²) in [5.74, 6) is 0.707. The van der Waals surface area contributed by atoms with E-state index in [0.717, 1.165) is 40.5 Å². The Balaban J connectivity index is 1.73. The Labute approximate surface area is 127 Å². The van der Waals surface area contributed by atoms with Crippen LogP contribution in [0.4, 0.5) is 0 Å². The first kappa shape index (κ1) is 12.7. The van der Waals surface area contributed by atoms with Crippen molar-refractivity contribution >= 4 is 34.0 Å². The molecule has 0 unspecified atom stereocenters. The van der Waals surface area contributed by atoms with Gasteiger partial charge in [-0.25, -0.2) is 15.4 Å². The molecule has 6 heteroatoms. The highest BCUT2D eigenvalue weighted by Gasteiger charge is 2.04. The molecule has 0 aliphatic carbocycles. The Bertz CT molecular complexity index is 899. The van der Waals surface area contributed by atoms with Crippen molar-refractivity contribution in [1.29, 1.82) is 0 Å². The van der Waals surface area contributed by atoms with Crippen LogP contribution in [-0.4, -0.2) is 35.2 Å². The zero-order chi connectivity index (χ0) is 14.8. The number of para-hydroxylation sites is 1. The van der Waals surface area contributed by atoms with Gasteiger partial charge in [0.15, 0.2) is 0 Å². The zero-order valence-corrected chi connectivity index (χ0v) is 11.8. The van der Waals surface area contributed by atoms with Crippen molar-refractivity contribution in [2.24, 2.45) is 10.1 Å². The molecule has 0 spiro atoms. The molecule has 2 N–H and O–H groups in total. The van der Waals surface area contributed by atoms with Crippen molar-refractivity contribution < 1.29 is 0 Å². The molecule has 1 aliphatic heterocycles. The van der Waals surface area contributed by atoms with Crippen LogP contribution in [0.3, 0.4) is 0 Å². The monoisotopic (exact) mass is 290 g/mol. The van der Waals surface area contributed by atoms with Gasteiger partial charge in [0.2, 0.25) is 5.96 Å². The standard InChI is InChI=1S/C16H14N6/c1-2-12-8-11-4-5-17-10-14(11)21-15(12)13(3-1)9-20-22-16-18-6-7-19-16/h1-5,8-10H,6-7H2,(H2,18,19,22). The predicted octanol–water partition coefficient (Wildman–Crippen LogP) is 1.67. The molecule has 3 aromatic rings. The van der Waals surface area contributed by atoms with E-state index in [1.54, 1.807) is 18.6 Å². The van der Waals surface area contributed by atoms with E-state index in [4.69, 9.17) is 4.98 Å². The van der Waals surface area contributed by atoms with Gasteiger partial charge in [0.05, 0.1) is 30.0 Å². The van der Waals surface area contributed by atoms with Crippen molar-refractivity contribution in [3.05, 3.63) is 48.3 Å². The molecule has 3 heterocycles. The number of rotatable bonds is 2. The van der Waals surface area contributed by atoms with Crippen LogP contribution < -0.4 is 10.7 Å². The fourth-order valence-electron chi connectivity index (χ4n) is 2.47. The number of hydrogen-bond acceptors (Lipinski definition) is 6. The third kappa shape index (κ3) is 2.35. The zero-order valence-electron chi connectivity index (χ0n) is 11.8. The van der Waals surface area contributed by atoms with Crippen LogP contribution in [0.5, 0.6) is 0 Å². The van der Waals surface area contributed by atoms with E-state index in [2.05, 4.69) is 38.0 Å². The molecule has 0 fully saturated rings. The van der Waals surface area contributed by atoms with Crippen LogP contribution in [0.15, 0.2) is 52.8 Å². The highest BCUT2D eigenvalue weighted by molar-refractivity contribution is 6.02. The van der Waals surface area contributed by atoms with Crippen LogP contribution in [0.1, 0.15) is 5.56 Å². The summed E-state index contributed by atoms with van der Waals surface area (Å²) in [7, 11) is 0. The maximum Gasteiger partial charge on any atom is 0.212 e. The van der Waals surface area contributed by atoms with Crippen molar-refractivity contribution in [3.63, 3.8) is 0 Å². The summed E-state index contributed by atoms with van der Waals surface area (Å²) in [6.45, 7) is 1.64. The Morgan fingerprint density at radius 1 is 1.23 bits per heavy atom. The molecule has 4 rings (SSSR count). The van der Waals surface area contributed by atoms with E-state index in [1.807, 2.05) is 18.2 Å². The van der Waals surface area contributed by atoms with E-state index < -0.39 is 0 Å². The number of benzene rings is 1. The first-order valence-corrected chi connectivity index (χ1v) is 7.11. The minimum Gasteiger partial charge on any atom is -0.353 e. The summed E-state index contributed by atoms with van der Waals surface area (Å²) < 4.78 is 0. The number of hydrogen-bond donors (Lipinski definition) is 2. The van der Waals surface area contributed by atoms with Gasteiger partial charge >= 0.3 is 0 Å². The lowest BCUT2D eigenvalue weighted by Crippen LogP contribution is -2.30. The van der Waals surface area contributed by atoms with Crippen molar-refractivity contribution in [2.75, 3.05) is 13.1 Å². The normalized spacial score (nSPS) is 14.5. The van der Waals surface area contributed by atoms with Crippen molar-refractivity contribution in [2.45, 2.75) is 0 Å². The van der Waals surface area contributed by atoms with Gasteiger partial charge in [-0.15, -0.1) is 0 Å². The number of aromatic nitrogens is 2. The largest absolute Gasteiger partial charge is 0.353 e. The number of fused-ring (bicyclic) bond motifs is 2. The Morgan fingerprint density at radius 3 is 3.14 bits per heavy atom. The molecule has 2 aromatic heterocycles. The molecule has 0 saturated carbocycles. The lowest BCUT2D eigenvalue weighted by molar-refractivity contribution is 0.920. The van der Waals surface area contributed by atoms with E-state index >= 15 is 0 Å². The third-order valence-corrected chi connectivity index (χ3v) is 3.52. The van der Waals surface area contributed by atoms with Gasteiger partial charge in [-0.3, -0.25) is 4.98 Å². The predicted molar refractivity (Wildman–Crippen MR) is 88.1 cm³/mol. The van der Waals surface area contributed by atoms with Crippen molar-refractivity contribution in [3.8, 4) is 0 Å². The molecule has 0 radical (unpaired) electrons. The fraction of sp³-hybridized carbons (Fsp3) is 0.125. The van der Waals surface area contributed by atoms with Crippen LogP contribution >= 0.6 is 0 Å². The third-order valence-electron chi connectivity index (χ3n) is 3.52. The number of hydrazone groups is 1. The molecule has 1 aromatic carbocycles. The Kier molecular flexibility index (Phi) is 3.12. The average Bonchev–Trinajstić information content (AvgIpc) is 3.07. The van der Waals surface area contributed by atoms with Gasteiger partial charge in [-0.2, -0.15) is 5.10 Å². The summed E-state index contributed by atoms with van der Waals surface area (Å²) in [6.07, 6.45) is 5.32. The number of nitrogens with one attached hydrogen (secondary N) is 2. The van der Waals surface area contributed by atoms with Gasteiger partial charge in [-0.05, 0) is 12.1 Å². The number of guanidine groups is 1. The summed E-state index contributed by atoms with van der Waals surface area (Å²) in [5, 5.41) is 9.50. The Morgan fingerprint density at radius 2 is 2.23 bits per heavy atom. The molecule has 22 heavy (non-hydrogen) atoms. The van der Waals surface area contributed by atoms with Gasteiger partial charge in [0, 0.05) is 29.1 Å². The summed E-state index contributed by atoms with van der Waals surface area (Å²) in [5.41, 5.74) is 5.65. The first-order valence-electron chi connectivity index (χ1n) is 7.11. The van der Waals surface area contributed by atoms with E-state index in [1.165, 1.54) is 0 Å². The van der Waals surface area contributed by atoms with Gasteiger partial charge < -0.3 is 5.32 Å². The van der Waals surface area contributed by atoms with Crippen LogP contribution in [0.2, 0.25) is 0 Å². The minimum atomic E-state index is 0.707. The Hall–Kier alpha value is -3.02. The molecule has 6 nitrogen and oxygen atoms in total. The van der Waals surface area contributed by atoms with Gasteiger partial charge in [-0.1, -0.05) is 18.2 Å². The van der Waals surface area contributed by atoms with Gasteiger partial charge in [0.1, 0.15) is 0 Å². The van der Waals surface area contributed by atoms with Crippen LogP contribution in [-0.2, 0) is 0 Å². The van der Waals surface area contributed by atoms with Crippen LogP contribution in [0.25, 0.3) is 21.8 Å². The van der Waals surface area contributed by atoms with E-state index in [9.17, 15) is 0 Å². The minimum absolute atomic E-state index is 0.707. The molecule has 0 atom stereocenters. The van der Waals surface area contributed by atoms with Gasteiger partial charge in [0.25, 0.3) is 0 Å². The highest BCUT2D eigenvalue weighted by Crippen LogP contribution is 2.20. The summed E-state index contributed by atoms with van der Waals surface area (Å²) >= 11 is 0. The van der Waals surface area contributed by atoms with Crippen molar-refractivity contribution in [1.82, 2.24) is 20.7 Å². The lowest BCUT2D eigenvalue weighted by Gasteiger charge is -2.04. The average molecular weight is 290 g/mol. The molecule has 0 bridgehead atoms. The second-order valence-electron chi connectivity index (χ2n) is 5.00. The van der Waals surface area contributed by atoms with Crippen LogP contribution in [0, 0.1) is 0 Å². The molecule has 0 saturated heterocycles. The molecular weight excluding hydrogens is 276 g/mol. The summed E-state index contributed by atoms with van der Waals surface area (Å²) in [6, 6.07) is 10.1. The second kappa shape index (κ2) is 5.40. The number of pyridine rings is 2. The molecular formula is C16H14N6. The summed E-state index contributed by atoms with van der Waals surface area (Å²) in [4.78, 5) is 13.1. The SMILES string of the molecule is C(=NNC1=NCCN1)c1cccc2cc3ccncc3nc12. The molecule has 1 aliphatic rings. The number of aliphatic imine (C=N–C) groups is 1. The number of nitrogens with zero attached hydrogens (tertiary/aromatic N) is 4. The topological polar surface area (TPSA) is 74.6 Å². The highest BCUT2D eigenvalue weighted by atomic mass is 15.4. The maximum atomic E-state index is 4.70. The second-order valence-corrected chi connectivity index (χ2v) is 5.00. The first-order chi connectivity index (χ1) is 10.9. The van der Waals surface area contributed by atoms with E-state index in [0.29, 0.717) is 5.96 Å².